The fourth-order valence-electron chi connectivity index (χ4n) is 4.65. The Morgan fingerprint density at radius 1 is 1.22 bits per heavy atom. The van der Waals surface area contributed by atoms with E-state index < -0.39 is 12.1 Å². The van der Waals surface area contributed by atoms with Crippen LogP contribution in [0.2, 0.25) is 0 Å². The summed E-state index contributed by atoms with van der Waals surface area (Å²) in [7, 11) is 1.70. The smallest absolute Gasteiger partial charge is 0.490 e. The molecule has 1 N–H and O–H groups in total. The van der Waals surface area contributed by atoms with E-state index in [9.17, 15) is 18.0 Å². The van der Waals surface area contributed by atoms with Crippen LogP contribution in [-0.2, 0) is 20.9 Å². The molecule has 0 radical (unpaired) electrons. The summed E-state index contributed by atoms with van der Waals surface area (Å²) in [6, 6.07) is 8.20. The van der Waals surface area contributed by atoms with Crippen molar-refractivity contribution in [3.05, 3.63) is 29.8 Å². The quantitative estimate of drug-likeness (QED) is 0.748. The van der Waals surface area contributed by atoms with E-state index in [2.05, 4.69) is 21.9 Å². The molecule has 0 aromatic heterocycles. The Labute approximate surface area is 185 Å². The minimum absolute atomic E-state index is 0.0879. The molecular weight excluding hydrogens is 429 g/mol. The lowest BCUT2D eigenvalue weighted by molar-refractivity contribution is -0.192. The number of aliphatic carboxylic acids is 1. The second kappa shape index (κ2) is 10.5. The van der Waals surface area contributed by atoms with Crippen LogP contribution in [0, 0.1) is 11.8 Å². The van der Waals surface area contributed by atoms with Gasteiger partial charge in [-0.15, -0.1) is 0 Å². The monoisotopic (exact) mass is 458 g/mol. The van der Waals surface area contributed by atoms with Crippen molar-refractivity contribution in [2.45, 2.75) is 38.1 Å². The summed E-state index contributed by atoms with van der Waals surface area (Å²) in [5.41, 5.74) is 1.23. The standard InChI is InChI=1S/C20H28N2O3.C2HF3O2/c1-24-16-6-4-5-15(11-16)12-21-13-18(17-7-10-25-19(17)14-21)20(23)22-8-2-3-9-22;3-2(4,5)1(6)7/h4-6,11,17-19H,2-3,7-10,12-14H2,1H3;(H,6,7)/t17-,18-,19+;/m0./s1. The lowest BCUT2D eigenvalue weighted by atomic mass is 9.81. The van der Waals surface area contributed by atoms with Crippen molar-refractivity contribution in [2.75, 3.05) is 39.9 Å². The predicted molar refractivity (Wildman–Crippen MR) is 109 cm³/mol. The molecule has 0 unspecified atom stereocenters. The Balaban J connectivity index is 0.000000360. The number of rotatable bonds is 4. The van der Waals surface area contributed by atoms with E-state index in [1.165, 1.54) is 5.56 Å². The fourth-order valence-corrected chi connectivity index (χ4v) is 4.65. The SMILES string of the molecule is COc1cccc(CN2C[C@H](C(=O)N3CCCC3)[C@@H]3CCO[C@@H]3C2)c1.O=C(O)C(F)(F)F. The summed E-state index contributed by atoms with van der Waals surface area (Å²) >= 11 is 0. The summed E-state index contributed by atoms with van der Waals surface area (Å²) < 4.78 is 43.0. The molecule has 3 heterocycles. The molecule has 0 saturated carbocycles. The average molecular weight is 458 g/mol. The van der Waals surface area contributed by atoms with Gasteiger partial charge in [-0.25, -0.2) is 4.79 Å². The summed E-state index contributed by atoms with van der Waals surface area (Å²) in [6.07, 6.45) is -1.55. The van der Waals surface area contributed by atoms with Gasteiger partial charge in [0.2, 0.25) is 5.91 Å². The molecule has 0 aliphatic carbocycles. The molecule has 3 saturated heterocycles. The number of likely N-dealkylation sites (tertiary alicyclic amines) is 2. The first-order chi connectivity index (χ1) is 15.2. The molecule has 0 spiro atoms. The van der Waals surface area contributed by atoms with Crippen molar-refractivity contribution >= 4 is 11.9 Å². The normalized spacial score (nSPS) is 25.6. The number of hydrogen-bond donors (Lipinski definition) is 1. The molecule has 0 bridgehead atoms. The third-order valence-corrected chi connectivity index (χ3v) is 6.19. The summed E-state index contributed by atoms with van der Waals surface area (Å²) in [5.74, 6) is -1.03. The number of alkyl halides is 3. The zero-order valence-corrected chi connectivity index (χ0v) is 18.0. The number of benzene rings is 1. The van der Waals surface area contributed by atoms with Crippen LogP contribution in [0.25, 0.3) is 0 Å². The molecule has 178 valence electrons. The van der Waals surface area contributed by atoms with Crippen molar-refractivity contribution in [2.24, 2.45) is 11.8 Å². The van der Waals surface area contributed by atoms with Crippen molar-refractivity contribution in [3.8, 4) is 5.75 Å². The molecule has 1 aromatic rings. The van der Waals surface area contributed by atoms with Crippen LogP contribution in [0.5, 0.6) is 5.75 Å². The van der Waals surface area contributed by atoms with Crippen molar-refractivity contribution in [1.82, 2.24) is 9.80 Å². The predicted octanol–water partition coefficient (Wildman–Crippen LogP) is 2.79. The van der Waals surface area contributed by atoms with Crippen molar-refractivity contribution in [3.63, 3.8) is 0 Å². The molecule has 3 fully saturated rings. The number of halogens is 3. The Kier molecular flexibility index (Phi) is 8.00. The minimum atomic E-state index is -5.08. The highest BCUT2D eigenvalue weighted by atomic mass is 19.4. The van der Waals surface area contributed by atoms with Gasteiger partial charge in [0, 0.05) is 45.2 Å². The number of carbonyl (C=O) groups excluding carboxylic acids is 1. The second-order valence-corrected chi connectivity index (χ2v) is 8.35. The number of ether oxygens (including phenoxy) is 2. The third-order valence-electron chi connectivity index (χ3n) is 6.19. The number of hydrogen-bond acceptors (Lipinski definition) is 5. The first kappa shape index (κ1) is 24.3. The Bertz CT molecular complexity index is 798. The zero-order chi connectivity index (χ0) is 23.3. The highest BCUT2D eigenvalue weighted by Gasteiger charge is 2.45. The number of amides is 1. The highest BCUT2D eigenvalue weighted by molar-refractivity contribution is 5.80. The van der Waals surface area contributed by atoms with Gasteiger partial charge in [0.25, 0.3) is 0 Å². The van der Waals surface area contributed by atoms with Crippen molar-refractivity contribution in [1.29, 1.82) is 0 Å². The first-order valence-electron chi connectivity index (χ1n) is 10.7. The summed E-state index contributed by atoms with van der Waals surface area (Å²) in [6.45, 7) is 5.27. The van der Waals surface area contributed by atoms with Gasteiger partial charge < -0.3 is 19.5 Å². The Hall–Kier alpha value is -2.33. The summed E-state index contributed by atoms with van der Waals surface area (Å²) in [4.78, 5) is 26.4. The third kappa shape index (κ3) is 6.13. The molecule has 3 aliphatic heterocycles. The van der Waals surface area contributed by atoms with Crippen LogP contribution in [-0.4, -0.2) is 79.0 Å². The lowest BCUT2D eigenvalue weighted by Crippen LogP contribution is -2.52. The van der Waals surface area contributed by atoms with Gasteiger partial charge >= 0.3 is 12.1 Å². The number of nitrogens with zero attached hydrogens (tertiary/aromatic N) is 2. The van der Waals surface area contributed by atoms with Crippen LogP contribution < -0.4 is 4.74 Å². The van der Waals surface area contributed by atoms with Gasteiger partial charge in [-0.2, -0.15) is 13.2 Å². The number of piperidine rings is 1. The number of methoxy groups -OCH3 is 1. The topological polar surface area (TPSA) is 79.3 Å². The largest absolute Gasteiger partial charge is 0.497 e. The maximum Gasteiger partial charge on any atom is 0.490 e. The second-order valence-electron chi connectivity index (χ2n) is 8.35. The molecule has 32 heavy (non-hydrogen) atoms. The Morgan fingerprint density at radius 2 is 1.91 bits per heavy atom. The van der Waals surface area contributed by atoms with Crippen LogP contribution in [0.3, 0.4) is 0 Å². The van der Waals surface area contributed by atoms with Gasteiger partial charge in [-0.1, -0.05) is 12.1 Å². The number of carboxylic acid groups (broad SMARTS) is 1. The molecule has 10 heteroatoms. The van der Waals surface area contributed by atoms with E-state index in [0.717, 1.165) is 64.3 Å². The van der Waals surface area contributed by atoms with Gasteiger partial charge in [-0.05, 0) is 37.0 Å². The first-order valence-corrected chi connectivity index (χ1v) is 10.7. The lowest BCUT2D eigenvalue weighted by Gasteiger charge is -2.40. The van der Waals surface area contributed by atoms with Crippen LogP contribution in [0.4, 0.5) is 13.2 Å². The molecular formula is C22H29F3N2O5. The van der Waals surface area contributed by atoms with E-state index in [1.807, 2.05) is 12.1 Å². The van der Waals surface area contributed by atoms with Crippen LogP contribution in [0.1, 0.15) is 24.8 Å². The zero-order valence-electron chi connectivity index (χ0n) is 18.0. The number of carbonyl (C=O) groups is 2. The maximum atomic E-state index is 13.1. The van der Waals surface area contributed by atoms with Crippen LogP contribution >= 0.6 is 0 Å². The van der Waals surface area contributed by atoms with E-state index in [-0.39, 0.29) is 12.0 Å². The highest BCUT2D eigenvalue weighted by Crippen LogP contribution is 2.36. The van der Waals surface area contributed by atoms with Gasteiger partial charge in [0.1, 0.15) is 5.75 Å². The average Bonchev–Trinajstić information content (AvgIpc) is 3.44. The molecule has 1 amide bonds. The molecule has 4 rings (SSSR count). The number of carboxylic acids is 1. The molecule has 7 nitrogen and oxygen atoms in total. The Morgan fingerprint density at radius 3 is 2.53 bits per heavy atom. The molecule has 3 atom stereocenters. The summed E-state index contributed by atoms with van der Waals surface area (Å²) in [5, 5.41) is 7.12. The van der Waals surface area contributed by atoms with Crippen LogP contribution in [0.15, 0.2) is 24.3 Å². The fraction of sp³-hybridized carbons (Fsp3) is 0.636. The van der Waals surface area contributed by atoms with Gasteiger partial charge in [0.05, 0.1) is 19.1 Å². The molecule has 3 aliphatic rings. The van der Waals surface area contributed by atoms with E-state index in [1.54, 1.807) is 7.11 Å². The number of fused-ring (bicyclic) bond motifs is 1. The van der Waals surface area contributed by atoms with Gasteiger partial charge in [-0.3, -0.25) is 9.69 Å². The van der Waals surface area contributed by atoms with Crippen molar-refractivity contribution < 1.29 is 37.3 Å². The maximum absolute atomic E-state index is 13.1. The van der Waals surface area contributed by atoms with E-state index in [4.69, 9.17) is 19.4 Å². The minimum Gasteiger partial charge on any atom is -0.497 e. The van der Waals surface area contributed by atoms with Gasteiger partial charge in [0.15, 0.2) is 0 Å². The van der Waals surface area contributed by atoms with E-state index in [0.29, 0.717) is 11.8 Å². The van der Waals surface area contributed by atoms with E-state index >= 15 is 0 Å². The molecule has 1 aromatic carbocycles.